The Hall–Kier alpha value is -3.38. The van der Waals surface area contributed by atoms with Gasteiger partial charge in [-0.1, -0.05) is 41.9 Å². The molecule has 1 heterocycles. The van der Waals surface area contributed by atoms with Crippen molar-refractivity contribution < 1.29 is 17.9 Å². The number of azo groups is 1. The first kappa shape index (κ1) is 23.8. The molecule has 0 aliphatic rings. The van der Waals surface area contributed by atoms with Crippen molar-refractivity contribution in [3.8, 4) is 5.88 Å². The number of primary sulfonamides is 1. The number of hydrogen-bond donors (Lipinski definition) is 3. The van der Waals surface area contributed by atoms with Gasteiger partial charge in [0.1, 0.15) is 5.82 Å². The van der Waals surface area contributed by atoms with Crippen molar-refractivity contribution in [3.63, 3.8) is 0 Å². The van der Waals surface area contributed by atoms with Gasteiger partial charge < -0.3 is 15.0 Å². The van der Waals surface area contributed by atoms with E-state index < -0.39 is 15.8 Å². The van der Waals surface area contributed by atoms with Gasteiger partial charge in [-0.2, -0.15) is 0 Å². The standard InChI is InChI=1S/C22H17ClFN5O3S2/c23-17-11-19-16(10-18(17)24)20(21(30)29(19)12-13-4-2-1-3-5-13)27-28-22(33)26-14-6-8-15(9-7-14)34(25,31)32/h1-11,30H,12H2,(H,26,33)(H2,25,31,32). The van der Waals surface area contributed by atoms with E-state index in [1.165, 1.54) is 36.4 Å². The van der Waals surface area contributed by atoms with Crippen LogP contribution in [0.5, 0.6) is 5.88 Å². The maximum Gasteiger partial charge on any atom is 0.238 e. The second kappa shape index (κ2) is 9.47. The Bertz CT molecular complexity index is 1520. The Kier molecular flexibility index (Phi) is 6.62. The van der Waals surface area contributed by atoms with Gasteiger partial charge in [0.25, 0.3) is 0 Å². The van der Waals surface area contributed by atoms with Gasteiger partial charge in [-0.3, -0.25) is 0 Å². The Labute approximate surface area is 204 Å². The van der Waals surface area contributed by atoms with Gasteiger partial charge in [-0.05, 0) is 54.2 Å². The first-order valence-corrected chi connectivity index (χ1v) is 12.1. The van der Waals surface area contributed by atoms with Crippen LogP contribution < -0.4 is 10.5 Å². The summed E-state index contributed by atoms with van der Waals surface area (Å²) in [4.78, 5) is -0.0533. The molecule has 3 aromatic carbocycles. The lowest BCUT2D eigenvalue weighted by atomic mass is 10.2. The lowest BCUT2D eigenvalue weighted by Gasteiger charge is -2.07. The lowest BCUT2D eigenvalue weighted by molar-refractivity contribution is 0.429. The fourth-order valence-corrected chi connectivity index (χ4v) is 4.14. The number of rotatable bonds is 5. The Balaban J connectivity index is 1.65. The van der Waals surface area contributed by atoms with Crippen molar-refractivity contribution in [2.45, 2.75) is 11.4 Å². The number of fused-ring (bicyclic) bond motifs is 1. The van der Waals surface area contributed by atoms with Crippen molar-refractivity contribution >= 4 is 61.2 Å². The Morgan fingerprint density at radius 2 is 1.82 bits per heavy atom. The van der Waals surface area contributed by atoms with E-state index in [4.69, 9.17) is 29.0 Å². The van der Waals surface area contributed by atoms with Gasteiger partial charge in [0, 0.05) is 11.1 Å². The minimum atomic E-state index is -3.82. The average Bonchev–Trinajstić information content (AvgIpc) is 3.03. The van der Waals surface area contributed by atoms with Crippen molar-refractivity contribution in [2.24, 2.45) is 15.4 Å². The fraction of sp³-hybridized carbons (Fsp3) is 0.0455. The van der Waals surface area contributed by atoms with Gasteiger partial charge in [-0.25, -0.2) is 17.9 Å². The lowest BCUT2D eigenvalue weighted by Crippen LogP contribution is -2.12. The molecule has 12 heteroatoms. The number of nitrogens with one attached hydrogen (secondary N) is 1. The number of nitrogens with two attached hydrogens (primary N) is 1. The van der Waals surface area contributed by atoms with Crippen LogP contribution in [0.4, 0.5) is 15.8 Å². The molecule has 0 atom stereocenters. The fourth-order valence-electron chi connectivity index (χ4n) is 3.31. The summed E-state index contributed by atoms with van der Waals surface area (Å²) in [6.45, 7) is 0.291. The third-order valence-electron chi connectivity index (χ3n) is 4.91. The Morgan fingerprint density at radius 1 is 1.15 bits per heavy atom. The van der Waals surface area contributed by atoms with E-state index in [0.29, 0.717) is 23.1 Å². The number of nitrogens with zero attached hydrogens (tertiary/aromatic N) is 3. The normalized spacial score (nSPS) is 11.9. The number of aromatic hydroxyl groups is 1. The maximum atomic E-state index is 14.2. The zero-order valence-electron chi connectivity index (χ0n) is 17.3. The van der Waals surface area contributed by atoms with E-state index >= 15 is 0 Å². The maximum absolute atomic E-state index is 14.2. The van der Waals surface area contributed by atoms with Crippen LogP contribution in [0.25, 0.3) is 10.9 Å². The molecule has 4 aromatic rings. The molecule has 0 spiro atoms. The summed E-state index contributed by atoms with van der Waals surface area (Å²) in [6.07, 6.45) is 0. The summed E-state index contributed by atoms with van der Waals surface area (Å²) >= 11 is 11.1. The topological polar surface area (TPSA) is 122 Å². The van der Waals surface area contributed by atoms with Crippen molar-refractivity contribution in [1.82, 2.24) is 4.57 Å². The number of anilines is 1. The quantitative estimate of drug-likeness (QED) is 0.244. The van der Waals surface area contributed by atoms with E-state index in [1.54, 1.807) is 4.57 Å². The van der Waals surface area contributed by atoms with Gasteiger partial charge in [0.15, 0.2) is 5.69 Å². The summed E-state index contributed by atoms with van der Waals surface area (Å²) in [5.41, 5.74) is 1.85. The third-order valence-corrected chi connectivity index (χ3v) is 6.31. The number of benzene rings is 3. The molecule has 8 nitrogen and oxygen atoms in total. The number of hydrogen-bond acceptors (Lipinski definition) is 5. The highest BCUT2D eigenvalue weighted by molar-refractivity contribution is 7.89. The molecule has 0 fully saturated rings. The van der Waals surface area contributed by atoms with Crippen LogP contribution in [0.3, 0.4) is 0 Å². The van der Waals surface area contributed by atoms with E-state index in [2.05, 4.69) is 15.5 Å². The Morgan fingerprint density at radius 3 is 2.47 bits per heavy atom. The van der Waals surface area contributed by atoms with Crippen LogP contribution in [0.1, 0.15) is 5.56 Å². The van der Waals surface area contributed by atoms with Crippen LogP contribution in [0.2, 0.25) is 5.02 Å². The minimum Gasteiger partial charge on any atom is -0.493 e. The van der Waals surface area contributed by atoms with E-state index in [9.17, 15) is 17.9 Å². The molecule has 0 bridgehead atoms. The number of aromatic nitrogens is 1. The molecule has 0 saturated heterocycles. The molecule has 1 aromatic heterocycles. The van der Waals surface area contributed by atoms with E-state index in [-0.39, 0.29) is 26.6 Å². The smallest absolute Gasteiger partial charge is 0.238 e. The van der Waals surface area contributed by atoms with Gasteiger partial charge in [0.2, 0.25) is 21.0 Å². The van der Waals surface area contributed by atoms with Crippen LogP contribution in [0.15, 0.2) is 81.9 Å². The summed E-state index contributed by atoms with van der Waals surface area (Å²) < 4.78 is 38.5. The van der Waals surface area contributed by atoms with Crippen LogP contribution in [0, 0.1) is 5.82 Å². The molecule has 0 radical (unpaired) electrons. The molecule has 4 N–H and O–H groups in total. The molecule has 174 valence electrons. The van der Waals surface area contributed by atoms with E-state index in [0.717, 1.165) is 5.56 Å². The largest absolute Gasteiger partial charge is 0.493 e. The van der Waals surface area contributed by atoms with Crippen LogP contribution in [-0.4, -0.2) is 23.2 Å². The van der Waals surface area contributed by atoms with Crippen LogP contribution in [-0.2, 0) is 16.6 Å². The van der Waals surface area contributed by atoms with Crippen LogP contribution >= 0.6 is 23.8 Å². The number of thiocarbonyl (C=S) groups is 1. The SMILES string of the molecule is NS(=O)(=O)c1ccc(NC(=S)N=Nc2c(O)n(Cc3ccccc3)c3cc(Cl)c(F)cc23)cc1. The van der Waals surface area contributed by atoms with E-state index in [1.807, 2.05) is 30.3 Å². The monoisotopic (exact) mass is 517 g/mol. The van der Waals surface area contributed by atoms with Crippen molar-refractivity contribution in [2.75, 3.05) is 5.32 Å². The first-order chi connectivity index (χ1) is 16.1. The molecule has 0 aliphatic carbocycles. The number of sulfonamides is 1. The zero-order valence-corrected chi connectivity index (χ0v) is 19.7. The molecule has 0 saturated carbocycles. The number of halogens is 2. The second-order valence-corrected chi connectivity index (χ2v) is 9.58. The third kappa shape index (κ3) is 5.07. The molecule has 0 aliphatic heterocycles. The van der Waals surface area contributed by atoms with Gasteiger partial charge >= 0.3 is 0 Å². The average molecular weight is 518 g/mol. The molecule has 34 heavy (non-hydrogen) atoms. The molecule has 0 unspecified atom stereocenters. The van der Waals surface area contributed by atoms with Crippen molar-refractivity contribution in [3.05, 3.63) is 83.1 Å². The van der Waals surface area contributed by atoms with Gasteiger partial charge in [0.05, 0.1) is 22.0 Å². The second-order valence-electron chi connectivity index (χ2n) is 7.23. The molecular formula is C22H17ClFN5O3S2. The predicted octanol–water partition coefficient (Wildman–Crippen LogP) is 5.32. The van der Waals surface area contributed by atoms with Crippen molar-refractivity contribution in [1.29, 1.82) is 0 Å². The molecule has 4 rings (SSSR count). The molecular weight excluding hydrogens is 501 g/mol. The highest BCUT2D eigenvalue weighted by Gasteiger charge is 2.19. The zero-order chi connectivity index (χ0) is 24.5. The van der Waals surface area contributed by atoms with Gasteiger partial charge in [-0.15, -0.1) is 10.2 Å². The highest BCUT2D eigenvalue weighted by atomic mass is 35.5. The highest BCUT2D eigenvalue weighted by Crippen LogP contribution is 2.41. The first-order valence-electron chi connectivity index (χ1n) is 9.73. The summed E-state index contributed by atoms with van der Waals surface area (Å²) in [5.74, 6) is -0.900. The molecule has 0 amide bonds. The summed E-state index contributed by atoms with van der Waals surface area (Å²) in [5, 5.41) is 26.8. The minimum absolute atomic E-state index is 0.0234. The summed E-state index contributed by atoms with van der Waals surface area (Å²) in [6, 6.07) is 17.5. The summed E-state index contributed by atoms with van der Waals surface area (Å²) in [7, 11) is -3.82. The predicted molar refractivity (Wildman–Crippen MR) is 133 cm³/mol.